The number of nitrogens with zero attached hydrogens (tertiary/aromatic N) is 2. The Hall–Kier alpha value is -4.85. The van der Waals surface area contributed by atoms with Crippen molar-refractivity contribution < 1.29 is 29.0 Å². The Morgan fingerprint density at radius 3 is 1.71 bits per heavy atom. The summed E-state index contributed by atoms with van der Waals surface area (Å²) in [6.45, 7) is 13.8. The lowest BCUT2D eigenvalue weighted by Gasteiger charge is -2.27. The Labute approximate surface area is 325 Å². The van der Waals surface area contributed by atoms with E-state index in [-0.39, 0.29) is 58.1 Å². The van der Waals surface area contributed by atoms with Crippen LogP contribution in [0.5, 0.6) is 0 Å². The second-order valence-corrected chi connectivity index (χ2v) is 18.9. The van der Waals surface area contributed by atoms with Gasteiger partial charge in [-0.2, -0.15) is 0 Å². The molecule has 2 spiro atoms. The number of benzene rings is 2. The topological polar surface area (TPSA) is 194 Å². The first kappa shape index (κ1) is 39.4. The molecular formula is C42H56N6O8. The molecule has 2 aromatic carbocycles. The van der Waals surface area contributed by atoms with Gasteiger partial charge < -0.3 is 44.3 Å². The van der Waals surface area contributed by atoms with Crippen LogP contribution in [0.1, 0.15) is 91.2 Å². The van der Waals surface area contributed by atoms with Gasteiger partial charge in [-0.05, 0) is 139 Å². The molecule has 2 aromatic heterocycles. The minimum absolute atomic E-state index is 0.0204. The number of H-pyrrole nitrogens is 4. The molecule has 8 rings (SSSR count). The number of aromatic amines is 4. The van der Waals surface area contributed by atoms with Crippen LogP contribution in [0, 0.1) is 22.7 Å². The Morgan fingerprint density at radius 2 is 1.18 bits per heavy atom. The van der Waals surface area contributed by atoms with Gasteiger partial charge in [0.25, 0.3) is 0 Å². The highest BCUT2D eigenvalue weighted by Gasteiger charge is 2.51. The monoisotopic (exact) mass is 772 g/mol. The van der Waals surface area contributed by atoms with Crippen molar-refractivity contribution in [2.75, 3.05) is 26.2 Å². The van der Waals surface area contributed by atoms with Crippen LogP contribution in [0.25, 0.3) is 22.1 Å². The van der Waals surface area contributed by atoms with Gasteiger partial charge in [-0.25, -0.2) is 19.2 Å². The Kier molecular flexibility index (Phi) is 10.3. The lowest BCUT2D eigenvalue weighted by molar-refractivity contribution is -0.121. The summed E-state index contributed by atoms with van der Waals surface area (Å²) >= 11 is 0. The lowest BCUT2D eigenvalue weighted by Crippen LogP contribution is -2.36. The van der Waals surface area contributed by atoms with Crippen molar-refractivity contribution in [1.29, 1.82) is 0 Å². The van der Waals surface area contributed by atoms with Gasteiger partial charge in [-0.15, -0.1) is 0 Å². The van der Waals surface area contributed by atoms with E-state index < -0.39 is 11.2 Å². The molecule has 5 atom stereocenters. The van der Waals surface area contributed by atoms with Crippen molar-refractivity contribution in [3.8, 4) is 0 Å². The molecule has 0 radical (unpaired) electrons. The molecule has 2 aliphatic carbocycles. The second kappa shape index (κ2) is 14.6. The SMILES string of the molecule is CC(C)(C)OC(=O)N1CCC2(CC(=O)C(Cc3ccc4[nH]c(=O)[nH]c4c3)C2)C1.CC(C)(C)OC(=O)N1CCC2(CC(O)C(Cc3ccc4[nH]c(=O)[nH]c4c3)C2)C1. The van der Waals surface area contributed by atoms with E-state index in [0.717, 1.165) is 71.7 Å². The van der Waals surface area contributed by atoms with E-state index in [1.54, 1.807) is 9.80 Å². The number of ketones is 1. The number of amides is 2. The Bertz CT molecular complexity index is 2240. The molecule has 4 aliphatic rings. The van der Waals surface area contributed by atoms with Crippen molar-refractivity contribution in [2.24, 2.45) is 22.7 Å². The highest BCUT2D eigenvalue weighted by molar-refractivity contribution is 5.85. The van der Waals surface area contributed by atoms with Gasteiger partial charge in [-0.1, -0.05) is 12.1 Å². The second-order valence-electron chi connectivity index (χ2n) is 18.9. The van der Waals surface area contributed by atoms with Gasteiger partial charge in [0.05, 0.1) is 28.2 Å². The summed E-state index contributed by atoms with van der Waals surface area (Å²) in [6.07, 6.45) is 5.20. The molecule has 2 saturated carbocycles. The van der Waals surface area contributed by atoms with Gasteiger partial charge in [0.2, 0.25) is 0 Å². The zero-order valence-electron chi connectivity index (χ0n) is 33.4. The number of aliphatic hydroxyl groups excluding tert-OH is 1. The fourth-order valence-corrected chi connectivity index (χ4v) is 9.48. The number of nitrogens with one attached hydrogen (secondary N) is 4. The number of carbonyl (C=O) groups excluding carboxylic acids is 3. The number of fused-ring (bicyclic) bond motifs is 2. The standard InChI is InChI=1S/C21H29N3O4.C21H27N3O4/c2*1-20(2,3)28-19(27)24-7-6-21(12-24)10-14(17(25)11-21)8-13-4-5-15-16(9-13)23-18(26)22-15/h4-5,9,14,17,25H,6-8,10-12H2,1-3H3,(H2,22,23,26);4-5,9,14H,6-8,10-12H2,1-3H3,(H2,22,23,26). The van der Waals surface area contributed by atoms with E-state index >= 15 is 0 Å². The lowest BCUT2D eigenvalue weighted by atomic mass is 9.83. The van der Waals surface area contributed by atoms with E-state index in [1.807, 2.05) is 77.9 Å². The van der Waals surface area contributed by atoms with E-state index in [2.05, 4.69) is 19.9 Å². The predicted octanol–water partition coefficient (Wildman–Crippen LogP) is 5.80. The van der Waals surface area contributed by atoms with Crippen LogP contribution in [-0.2, 0) is 27.1 Å². The minimum Gasteiger partial charge on any atom is -0.444 e. The van der Waals surface area contributed by atoms with Crippen LogP contribution >= 0.6 is 0 Å². The Morgan fingerprint density at radius 1 is 0.696 bits per heavy atom. The molecule has 0 bridgehead atoms. The number of carbonyl (C=O) groups is 3. The predicted molar refractivity (Wildman–Crippen MR) is 211 cm³/mol. The number of ether oxygens (including phenoxy) is 2. The first-order chi connectivity index (χ1) is 26.2. The smallest absolute Gasteiger partial charge is 0.410 e. The summed E-state index contributed by atoms with van der Waals surface area (Å²) in [5.74, 6) is 0.386. The number of Topliss-reactive ketones (excluding diaryl/α,β-unsaturated/α-hetero) is 1. The molecule has 4 fully saturated rings. The number of rotatable bonds is 4. The molecule has 56 heavy (non-hydrogen) atoms. The summed E-state index contributed by atoms with van der Waals surface area (Å²) in [5, 5.41) is 10.7. The summed E-state index contributed by atoms with van der Waals surface area (Å²) < 4.78 is 11.0. The van der Waals surface area contributed by atoms with Crippen LogP contribution in [0.3, 0.4) is 0 Å². The molecular weight excluding hydrogens is 716 g/mol. The summed E-state index contributed by atoms with van der Waals surface area (Å²) in [7, 11) is 0. The third-order valence-corrected chi connectivity index (χ3v) is 11.9. The maximum Gasteiger partial charge on any atom is 0.410 e. The highest BCUT2D eigenvalue weighted by Crippen LogP contribution is 2.50. The number of hydrogen-bond donors (Lipinski definition) is 5. The number of likely N-dealkylation sites (tertiary alicyclic amines) is 2. The van der Waals surface area contributed by atoms with E-state index in [4.69, 9.17) is 9.47 Å². The average molecular weight is 773 g/mol. The largest absolute Gasteiger partial charge is 0.444 e. The maximum atomic E-state index is 12.7. The fourth-order valence-electron chi connectivity index (χ4n) is 9.48. The third kappa shape index (κ3) is 8.90. The molecule has 14 heteroatoms. The average Bonchev–Trinajstić information content (AvgIpc) is 3.93. The van der Waals surface area contributed by atoms with E-state index in [0.29, 0.717) is 39.0 Å². The Balaban J connectivity index is 0.000000172. The first-order valence-electron chi connectivity index (χ1n) is 19.8. The molecule has 2 aliphatic heterocycles. The normalized spacial score (nSPS) is 26.5. The highest BCUT2D eigenvalue weighted by atomic mass is 16.6. The molecule has 4 heterocycles. The van der Waals surface area contributed by atoms with Crippen LogP contribution in [-0.4, -0.2) is 96.3 Å². The zero-order valence-corrected chi connectivity index (χ0v) is 33.4. The maximum absolute atomic E-state index is 12.7. The minimum atomic E-state index is -0.515. The summed E-state index contributed by atoms with van der Waals surface area (Å²) in [4.78, 5) is 74.9. The molecule has 2 amide bonds. The zero-order chi connectivity index (χ0) is 40.2. The molecule has 14 nitrogen and oxygen atoms in total. The molecule has 302 valence electrons. The van der Waals surface area contributed by atoms with Crippen molar-refractivity contribution in [3.63, 3.8) is 0 Å². The van der Waals surface area contributed by atoms with Gasteiger partial charge in [-0.3, -0.25) is 4.79 Å². The fraction of sp³-hybridized carbons (Fsp3) is 0.595. The van der Waals surface area contributed by atoms with Crippen molar-refractivity contribution >= 4 is 40.0 Å². The molecule has 5 unspecified atom stereocenters. The van der Waals surface area contributed by atoms with Crippen LogP contribution in [0.2, 0.25) is 0 Å². The van der Waals surface area contributed by atoms with Gasteiger partial charge in [0.15, 0.2) is 0 Å². The summed E-state index contributed by atoms with van der Waals surface area (Å²) in [6, 6.07) is 11.7. The van der Waals surface area contributed by atoms with Crippen molar-refractivity contribution in [2.45, 2.75) is 110 Å². The van der Waals surface area contributed by atoms with Gasteiger partial charge >= 0.3 is 23.6 Å². The molecule has 2 saturated heterocycles. The first-order valence-corrected chi connectivity index (χ1v) is 19.8. The number of aromatic nitrogens is 4. The van der Waals surface area contributed by atoms with E-state index in [9.17, 15) is 29.1 Å². The summed E-state index contributed by atoms with van der Waals surface area (Å²) in [5.41, 5.74) is 3.68. The van der Waals surface area contributed by atoms with Crippen LogP contribution in [0.15, 0.2) is 46.0 Å². The van der Waals surface area contributed by atoms with Gasteiger partial charge in [0, 0.05) is 38.5 Å². The van der Waals surface area contributed by atoms with Crippen LogP contribution in [0.4, 0.5) is 9.59 Å². The third-order valence-electron chi connectivity index (χ3n) is 11.9. The van der Waals surface area contributed by atoms with Crippen LogP contribution < -0.4 is 11.4 Å². The number of hydrogen-bond acceptors (Lipinski definition) is 8. The molecule has 4 aromatic rings. The quantitative estimate of drug-likeness (QED) is 0.172. The number of imidazole rings is 2. The molecule has 5 N–H and O–H groups in total. The van der Waals surface area contributed by atoms with Crippen molar-refractivity contribution in [1.82, 2.24) is 29.7 Å². The van der Waals surface area contributed by atoms with E-state index in [1.165, 1.54) is 0 Å². The number of aliphatic hydroxyl groups is 1. The van der Waals surface area contributed by atoms with Gasteiger partial charge in [0.1, 0.15) is 17.0 Å². The van der Waals surface area contributed by atoms with Crippen molar-refractivity contribution in [3.05, 3.63) is 68.5 Å².